The van der Waals surface area contributed by atoms with E-state index in [1.54, 1.807) is 30.6 Å². The van der Waals surface area contributed by atoms with E-state index in [1.165, 1.54) is 24.3 Å². The van der Waals surface area contributed by atoms with Gasteiger partial charge in [-0.3, -0.25) is 0 Å². The summed E-state index contributed by atoms with van der Waals surface area (Å²) in [5.41, 5.74) is 2.88. The second kappa shape index (κ2) is 9.25. The average Bonchev–Trinajstić information content (AvgIpc) is 3.27. The van der Waals surface area contributed by atoms with Gasteiger partial charge in [-0.05, 0) is 74.5 Å². The van der Waals surface area contributed by atoms with Gasteiger partial charge in [0.05, 0.1) is 28.3 Å². The molecule has 9 heteroatoms. The lowest BCUT2D eigenvalue weighted by atomic mass is 10.0. The number of rotatable bonds is 5. The Morgan fingerprint density at radius 1 is 0.970 bits per heavy atom. The molecule has 2 aromatic heterocycles. The highest BCUT2D eigenvalue weighted by Gasteiger charge is 2.23. The number of halogens is 3. The zero-order valence-electron chi connectivity index (χ0n) is 17.6. The average molecular weight is 467 g/mol. The SMILES string of the molecule is Fc1ccc(-c2ncc(-c3ccnc(Nc4ccc(F)cc4Cl)n3)n2C2CCNCC2)cc1. The van der Waals surface area contributed by atoms with Gasteiger partial charge in [0.15, 0.2) is 0 Å². The quantitative estimate of drug-likeness (QED) is 0.400. The van der Waals surface area contributed by atoms with Crippen LogP contribution in [0.2, 0.25) is 5.02 Å². The molecule has 0 radical (unpaired) electrons. The largest absolute Gasteiger partial charge is 0.323 e. The number of nitrogens with zero attached hydrogens (tertiary/aromatic N) is 4. The number of imidazole rings is 1. The van der Waals surface area contributed by atoms with Gasteiger partial charge in [-0.1, -0.05) is 11.6 Å². The summed E-state index contributed by atoms with van der Waals surface area (Å²) < 4.78 is 29.1. The van der Waals surface area contributed by atoms with Gasteiger partial charge in [0, 0.05) is 17.8 Å². The van der Waals surface area contributed by atoms with Crippen molar-refractivity contribution in [3.05, 3.63) is 77.6 Å². The summed E-state index contributed by atoms with van der Waals surface area (Å²) >= 11 is 6.14. The highest BCUT2D eigenvalue weighted by molar-refractivity contribution is 6.33. The van der Waals surface area contributed by atoms with E-state index in [9.17, 15) is 8.78 Å². The molecule has 1 fully saturated rings. The van der Waals surface area contributed by atoms with Gasteiger partial charge in [0.1, 0.15) is 17.5 Å². The summed E-state index contributed by atoms with van der Waals surface area (Å²) in [5.74, 6) is 0.401. The number of hydrogen-bond donors (Lipinski definition) is 2. The highest BCUT2D eigenvalue weighted by Crippen LogP contribution is 2.33. The van der Waals surface area contributed by atoms with E-state index in [1.807, 2.05) is 6.07 Å². The van der Waals surface area contributed by atoms with Crippen LogP contribution in [0.15, 0.2) is 60.9 Å². The van der Waals surface area contributed by atoms with Crippen LogP contribution in [0.1, 0.15) is 18.9 Å². The number of anilines is 2. The molecule has 0 saturated carbocycles. The maximum Gasteiger partial charge on any atom is 0.227 e. The first kappa shape index (κ1) is 21.5. The standard InChI is InChI=1S/C24H21ClF2N6/c25-19-13-17(27)5-6-20(19)31-24-29-12-9-21(32-24)22-14-30-23(15-1-3-16(26)4-2-15)33(22)18-7-10-28-11-8-18/h1-6,9,12-14,18,28H,7-8,10-11H2,(H,29,31,32). The summed E-state index contributed by atoms with van der Waals surface area (Å²) in [5, 5.41) is 6.68. The lowest BCUT2D eigenvalue weighted by molar-refractivity contribution is 0.373. The van der Waals surface area contributed by atoms with Gasteiger partial charge in [-0.2, -0.15) is 0 Å². The molecule has 2 N–H and O–H groups in total. The molecule has 0 aliphatic carbocycles. The van der Waals surface area contributed by atoms with Crippen LogP contribution in [0.25, 0.3) is 22.8 Å². The van der Waals surface area contributed by atoms with Crippen LogP contribution in [0, 0.1) is 11.6 Å². The van der Waals surface area contributed by atoms with Crippen molar-refractivity contribution in [1.29, 1.82) is 0 Å². The minimum Gasteiger partial charge on any atom is -0.323 e. The van der Waals surface area contributed by atoms with Crippen molar-refractivity contribution >= 4 is 23.2 Å². The van der Waals surface area contributed by atoms with Crippen molar-refractivity contribution in [1.82, 2.24) is 24.8 Å². The molecular weight excluding hydrogens is 446 g/mol. The summed E-state index contributed by atoms with van der Waals surface area (Å²) in [4.78, 5) is 13.6. The lowest BCUT2D eigenvalue weighted by Crippen LogP contribution is -2.30. The van der Waals surface area contributed by atoms with Crippen LogP contribution in [-0.2, 0) is 0 Å². The third-order valence-corrected chi connectivity index (χ3v) is 5.98. The molecule has 2 aromatic carbocycles. The van der Waals surface area contributed by atoms with E-state index < -0.39 is 5.82 Å². The molecule has 4 aromatic rings. The van der Waals surface area contributed by atoms with Crippen LogP contribution in [-0.4, -0.2) is 32.6 Å². The molecule has 3 heterocycles. The molecule has 1 aliphatic rings. The number of nitrogens with one attached hydrogen (secondary N) is 2. The Hall–Kier alpha value is -3.36. The molecule has 1 aliphatic heterocycles. The van der Waals surface area contributed by atoms with E-state index in [-0.39, 0.29) is 16.9 Å². The smallest absolute Gasteiger partial charge is 0.227 e. The lowest BCUT2D eigenvalue weighted by Gasteiger charge is -2.27. The van der Waals surface area contributed by atoms with Crippen molar-refractivity contribution in [2.24, 2.45) is 0 Å². The fourth-order valence-electron chi connectivity index (χ4n) is 4.07. The normalized spacial score (nSPS) is 14.4. The molecule has 0 atom stereocenters. The van der Waals surface area contributed by atoms with E-state index in [0.717, 1.165) is 43.0 Å². The molecule has 0 amide bonds. The van der Waals surface area contributed by atoms with E-state index in [4.69, 9.17) is 11.6 Å². The summed E-state index contributed by atoms with van der Waals surface area (Å²) in [6.45, 7) is 1.82. The molecule has 0 unspecified atom stereocenters. The van der Waals surface area contributed by atoms with Gasteiger partial charge in [0.2, 0.25) is 5.95 Å². The van der Waals surface area contributed by atoms with Crippen molar-refractivity contribution in [3.8, 4) is 22.8 Å². The number of benzene rings is 2. The fraction of sp³-hybridized carbons (Fsp3) is 0.208. The number of piperidine rings is 1. The topological polar surface area (TPSA) is 67.7 Å². The van der Waals surface area contributed by atoms with Gasteiger partial charge >= 0.3 is 0 Å². The first-order valence-corrected chi connectivity index (χ1v) is 11.1. The van der Waals surface area contributed by atoms with Gasteiger partial charge in [0.25, 0.3) is 0 Å². The van der Waals surface area contributed by atoms with Crippen LogP contribution < -0.4 is 10.6 Å². The van der Waals surface area contributed by atoms with Gasteiger partial charge in [-0.15, -0.1) is 0 Å². The van der Waals surface area contributed by atoms with Crippen molar-refractivity contribution < 1.29 is 8.78 Å². The Bertz CT molecular complexity index is 1270. The minimum atomic E-state index is -0.417. The Morgan fingerprint density at radius 3 is 2.48 bits per heavy atom. The molecule has 5 rings (SSSR count). The predicted molar refractivity (Wildman–Crippen MR) is 124 cm³/mol. The number of aromatic nitrogens is 4. The molecule has 0 bridgehead atoms. The van der Waals surface area contributed by atoms with Gasteiger partial charge in [-0.25, -0.2) is 23.7 Å². The fourth-order valence-corrected chi connectivity index (χ4v) is 4.28. The molecular formula is C24H21ClF2N6. The Morgan fingerprint density at radius 2 is 1.73 bits per heavy atom. The molecule has 33 heavy (non-hydrogen) atoms. The van der Waals surface area contributed by atoms with Crippen LogP contribution in [0.5, 0.6) is 0 Å². The van der Waals surface area contributed by atoms with Gasteiger partial charge < -0.3 is 15.2 Å². The van der Waals surface area contributed by atoms with Crippen molar-refractivity contribution in [2.75, 3.05) is 18.4 Å². The molecule has 1 saturated heterocycles. The second-order valence-electron chi connectivity index (χ2n) is 7.84. The second-order valence-corrected chi connectivity index (χ2v) is 8.25. The van der Waals surface area contributed by atoms with Crippen molar-refractivity contribution in [3.63, 3.8) is 0 Å². The first-order chi connectivity index (χ1) is 16.1. The van der Waals surface area contributed by atoms with Crippen LogP contribution >= 0.6 is 11.6 Å². The zero-order valence-corrected chi connectivity index (χ0v) is 18.4. The Kier molecular flexibility index (Phi) is 6.02. The zero-order chi connectivity index (χ0) is 22.8. The van der Waals surface area contributed by atoms with E-state index >= 15 is 0 Å². The molecule has 0 spiro atoms. The minimum absolute atomic E-state index is 0.224. The molecule has 168 valence electrons. The monoisotopic (exact) mass is 466 g/mol. The third-order valence-electron chi connectivity index (χ3n) is 5.67. The van der Waals surface area contributed by atoms with Crippen LogP contribution in [0.4, 0.5) is 20.4 Å². The van der Waals surface area contributed by atoms with Crippen LogP contribution in [0.3, 0.4) is 0 Å². The third kappa shape index (κ3) is 4.58. The Balaban J connectivity index is 1.54. The first-order valence-electron chi connectivity index (χ1n) is 10.7. The summed E-state index contributed by atoms with van der Waals surface area (Å²) in [7, 11) is 0. The van der Waals surface area contributed by atoms with Crippen molar-refractivity contribution in [2.45, 2.75) is 18.9 Å². The van der Waals surface area contributed by atoms with E-state index in [0.29, 0.717) is 17.3 Å². The predicted octanol–water partition coefficient (Wildman–Crippen LogP) is 5.61. The highest BCUT2D eigenvalue weighted by atomic mass is 35.5. The summed E-state index contributed by atoms with van der Waals surface area (Å²) in [6.07, 6.45) is 5.33. The molecule has 6 nitrogen and oxygen atoms in total. The summed E-state index contributed by atoms with van der Waals surface area (Å²) in [6, 6.07) is 12.5. The maximum atomic E-state index is 13.5. The maximum absolute atomic E-state index is 13.5. The number of hydrogen-bond acceptors (Lipinski definition) is 5. The Labute approximate surface area is 194 Å². The van der Waals surface area contributed by atoms with E-state index in [2.05, 4.69) is 30.2 Å².